The Morgan fingerprint density at radius 1 is 1.17 bits per heavy atom. The fraction of sp³-hybridized carbons (Fsp3) is 0.286. The minimum atomic E-state index is -0.446. The van der Waals surface area contributed by atoms with E-state index in [1.807, 2.05) is 24.3 Å². The standard InChI is InChI=1S/C21H22FN5O2S/c1-15(30-21-25-23-14-27(21)19-5-3-2-4-18(19)22)20(28)24-16-6-8-17(9-7-16)26-10-12-29-13-11-26/h2-9,14-15H,10-13H2,1H3,(H,24,28)/t15-/m1/s1. The van der Waals surface area contributed by atoms with E-state index < -0.39 is 5.25 Å². The van der Waals surface area contributed by atoms with Gasteiger partial charge in [0.05, 0.1) is 24.2 Å². The van der Waals surface area contributed by atoms with Gasteiger partial charge < -0.3 is 15.0 Å². The number of ether oxygens (including phenoxy) is 1. The molecular formula is C21H22FN5O2S. The van der Waals surface area contributed by atoms with E-state index in [2.05, 4.69) is 20.4 Å². The number of hydrogen-bond donors (Lipinski definition) is 1. The summed E-state index contributed by atoms with van der Waals surface area (Å²) in [4.78, 5) is 14.9. The first kappa shape index (κ1) is 20.4. The first-order valence-corrected chi connectivity index (χ1v) is 10.5. The van der Waals surface area contributed by atoms with E-state index in [4.69, 9.17) is 4.74 Å². The summed E-state index contributed by atoms with van der Waals surface area (Å²) in [6.45, 7) is 4.96. The number of hydrogen-bond acceptors (Lipinski definition) is 6. The molecule has 4 rings (SSSR count). The van der Waals surface area contributed by atoms with Crippen molar-refractivity contribution >= 4 is 29.0 Å². The second-order valence-electron chi connectivity index (χ2n) is 6.83. The van der Waals surface area contributed by atoms with Crippen LogP contribution < -0.4 is 10.2 Å². The van der Waals surface area contributed by atoms with Crippen molar-refractivity contribution < 1.29 is 13.9 Å². The predicted molar refractivity (Wildman–Crippen MR) is 115 cm³/mol. The van der Waals surface area contributed by atoms with Gasteiger partial charge in [0.25, 0.3) is 0 Å². The number of thioether (sulfide) groups is 1. The second-order valence-corrected chi connectivity index (χ2v) is 8.14. The van der Waals surface area contributed by atoms with Gasteiger partial charge in [-0.2, -0.15) is 0 Å². The Kier molecular flexibility index (Phi) is 6.29. The minimum Gasteiger partial charge on any atom is -0.378 e. The largest absolute Gasteiger partial charge is 0.378 e. The van der Waals surface area contributed by atoms with Crippen molar-refractivity contribution in [1.29, 1.82) is 0 Å². The molecule has 0 aliphatic carbocycles. The third-order valence-corrected chi connectivity index (χ3v) is 5.85. The lowest BCUT2D eigenvalue weighted by Gasteiger charge is -2.28. The van der Waals surface area contributed by atoms with Crippen molar-refractivity contribution in [3.8, 4) is 5.69 Å². The molecule has 2 aromatic carbocycles. The summed E-state index contributed by atoms with van der Waals surface area (Å²) in [6.07, 6.45) is 1.44. The molecule has 1 aliphatic heterocycles. The number of morpholine rings is 1. The van der Waals surface area contributed by atoms with E-state index in [1.165, 1.54) is 24.2 Å². The molecule has 156 valence electrons. The van der Waals surface area contributed by atoms with E-state index in [0.29, 0.717) is 10.8 Å². The molecule has 1 atom stereocenters. The Labute approximate surface area is 178 Å². The number of halogens is 1. The SMILES string of the molecule is C[C@@H](Sc1nncn1-c1ccccc1F)C(=O)Nc1ccc(N2CCOCC2)cc1. The Bertz CT molecular complexity index is 1000. The maximum Gasteiger partial charge on any atom is 0.237 e. The van der Waals surface area contributed by atoms with Gasteiger partial charge in [0.2, 0.25) is 5.91 Å². The van der Waals surface area contributed by atoms with Gasteiger partial charge in [-0.15, -0.1) is 10.2 Å². The quantitative estimate of drug-likeness (QED) is 0.608. The summed E-state index contributed by atoms with van der Waals surface area (Å²) in [5, 5.41) is 10.8. The van der Waals surface area contributed by atoms with Crippen LogP contribution in [-0.4, -0.2) is 52.2 Å². The Balaban J connectivity index is 1.39. The lowest BCUT2D eigenvalue weighted by Crippen LogP contribution is -2.36. The summed E-state index contributed by atoms with van der Waals surface area (Å²) in [7, 11) is 0. The number of aromatic nitrogens is 3. The lowest BCUT2D eigenvalue weighted by molar-refractivity contribution is -0.115. The number of benzene rings is 2. The minimum absolute atomic E-state index is 0.165. The van der Waals surface area contributed by atoms with Crippen LogP contribution in [0.2, 0.25) is 0 Å². The highest BCUT2D eigenvalue weighted by molar-refractivity contribution is 8.00. The summed E-state index contributed by atoms with van der Waals surface area (Å²) in [5.41, 5.74) is 2.17. The molecule has 1 saturated heterocycles. The summed E-state index contributed by atoms with van der Waals surface area (Å²) in [5.74, 6) is -0.543. The molecule has 3 aromatic rings. The van der Waals surface area contributed by atoms with Gasteiger partial charge in [-0.05, 0) is 43.3 Å². The third kappa shape index (κ3) is 4.63. The smallest absolute Gasteiger partial charge is 0.237 e. The number of nitrogens with one attached hydrogen (secondary N) is 1. The fourth-order valence-electron chi connectivity index (χ4n) is 3.15. The topological polar surface area (TPSA) is 72.3 Å². The van der Waals surface area contributed by atoms with Crippen molar-refractivity contribution in [3.63, 3.8) is 0 Å². The fourth-order valence-corrected chi connectivity index (χ4v) is 3.99. The van der Waals surface area contributed by atoms with E-state index in [-0.39, 0.29) is 11.7 Å². The summed E-state index contributed by atoms with van der Waals surface area (Å²) in [6, 6.07) is 14.1. The maximum atomic E-state index is 14.1. The molecule has 0 bridgehead atoms. The number of para-hydroxylation sites is 1. The van der Waals surface area contributed by atoms with Gasteiger partial charge >= 0.3 is 0 Å². The molecule has 7 nitrogen and oxygen atoms in total. The molecule has 2 heterocycles. The van der Waals surface area contributed by atoms with E-state index >= 15 is 0 Å². The third-order valence-electron chi connectivity index (χ3n) is 4.79. The highest BCUT2D eigenvalue weighted by Gasteiger charge is 2.20. The number of nitrogens with zero attached hydrogens (tertiary/aromatic N) is 4. The van der Waals surface area contributed by atoms with Crippen LogP contribution in [-0.2, 0) is 9.53 Å². The second kappa shape index (κ2) is 9.27. The number of carbonyl (C=O) groups excluding carboxylic acids is 1. The van der Waals surface area contributed by atoms with Crippen LogP contribution in [0.1, 0.15) is 6.92 Å². The van der Waals surface area contributed by atoms with Crippen LogP contribution in [0, 0.1) is 5.82 Å². The van der Waals surface area contributed by atoms with Gasteiger partial charge in [0.1, 0.15) is 12.1 Å². The average molecular weight is 428 g/mol. The average Bonchev–Trinajstić information content (AvgIpc) is 3.23. The summed E-state index contributed by atoms with van der Waals surface area (Å²) >= 11 is 1.22. The molecule has 0 saturated carbocycles. The molecule has 9 heteroatoms. The van der Waals surface area contributed by atoms with Gasteiger partial charge in [-0.25, -0.2) is 4.39 Å². The predicted octanol–water partition coefficient (Wildman–Crippen LogP) is 3.36. The monoisotopic (exact) mass is 427 g/mol. The number of carbonyl (C=O) groups is 1. The maximum absolute atomic E-state index is 14.1. The molecule has 1 aromatic heterocycles. The molecule has 1 fully saturated rings. The Hall–Kier alpha value is -2.91. The first-order valence-electron chi connectivity index (χ1n) is 9.67. The number of anilines is 2. The molecular weight excluding hydrogens is 405 g/mol. The molecule has 0 spiro atoms. The van der Waals surface area contributed by atoms with Crippen molar-refractivity contribution in [2.24, 2.45) is 0 Å². The molecule has 1 aliphatic rings. The van der Waals surface area contributed by atoms with Crippen LogP contribution in [0.15, 0.2) is 60.0 Å². The highest BCUT2D eigenvalue weighted by atomic mass is 32.2. The summed E-state index contributed by atoms with van der Waals surface area (Å²) < 4.78 is 21.0. The Morgan fingerprint density at radius 3 is 2.63 bits per heavy atom. The van der Waals surface area contributed by atoms with Crippen molar-refractivity contribution in [2.45, 2.75) is 17.3 Å². The normalized spacial score (nSPS) is 15.1. The zero-order valence-corrected chi connectivity index (χ0v) is 17.3. The lowest BCUT2D eigenvalue weighted by atomic mass is 10.2. The van der Waals surface area contributed by atoms with Gasteiger partial charge in [-0.1, -0.05) is 23.9 Å². The van der Waals surface area contributed by atoms with E-state index in [0.717, 1.165) is 37.7 Å². The molecule has 1 N–H and O–H groups in total. The van der Waals surface area contributed by atoms with Crippen LogP contribution in [0.3, 0.4) is 0 Å². The molecule has 1 amide bonds. The van der Waals surface area contributed by atoms with Crippen molar-refractivity contribution in [1.82, 2.24) is 14.8 Å². The number of rotatable bonds is 6. The number of amides is 1. The highest BCUT2D eigenvalue weighted by Crippen LogP contribution is 2.26. The molecule has 0 unspecified atom stereocenters. The van der Waals surface area contributed by atoms with Crippen LogP contribution in [0.5, 0.6) is 0 Å². The van der Waals surface area contributed by atoms with Gasteiger partial charge in [0.15, 0.2) is 5.16 Å². The first-order chi connectivity index (χ1) is 14.6. The van der Waals surface area contributed by atoms with Crippen LogP contribution in [0.25, 0.3) is 5.69 Å². The van der Waals surface area contributed by atoms with Crippen LogP contribution >= 0.6 is 11.8 Å². The Morgan fingerprint density at radius 2 is 1.90 bits per heavy atom. The van der Waals surface area contributed by atoms with Crippen molar-refractivity contribution in [3.05, 3.63) is 60.7 Å². The van der Waals surface area contributed by atoms with E-state index in [9.17, 15) is 9.18 Å². The van der Waals surface area contributed by atoms with Crippen LogP contribution in [0.4, 0.5) is 15.8 Å². The molecule has 0 radical (unpaired) electrons. The molecule has 30 heavy (non-hydrogen) atoms. The van der Waals surface area contributed by atoms with Crippen molar-refractivity contribution in [2.75, 3.05) is 36.5 Å². The zero-order chi connectivity index (χ0) is 20.9. The van der Waals surface area contributed by atoms with Gasteiger partial charge in [0, 0.05) is 24.5 Å². The van der Waals surface area contributed by atoms with Gasteiger partial charge in [-0.3, -0.25) is 9.36 Å². The van der Waals surface area contributed by atoms with E-state index in [1.54, 1.807) is 29.7 Å². The zero-order valence-electron chi connectivity index (χ0n) is 16.5.